The molecule has 2 heterocycles. The Morgan fingerprint density at radius 3 is 2.62 bits per heavy atom. The van der Waals surface area contributed by atoms with Crippen LogP contribution in [0.25, 0.3) is 5.69 Å². The second kappa shape index (κ2) is 10.5. The highest BCUT2D eigenvalue weighted by Crippen LogP contribution is 2.29. The molecule has 12 heteroatoms. The van der Waals surface area contributed by atoms with Crippen molar-refractivity contribution in [3.8, 4) is 5.69 Å². The summed E-state index contributed by atoms with van der Waals surface area (Å²) in [6, 6.07) is 9.68. The van der Waals surface area contributed by atoms with Crippen LogP contribution >= 0.6 is 35.3 Å². The molecule has 0 aliphatic heterocycles. The van der Waals surface area contributed by atoms with Crippen molar-refractivity contribution in [1.29, 1.82) is 0 Å². The van der Waals surface area contributed by atoms with Gasteiger partial charge < -0.3 is 10.6 Å². The molecule has 2 N–H and O–H groups in total. The van der Waals surface area contributed by atoms with E-state index in [0.29, 0.717) is 36.3 Å². The van der Waals surface area contributed by atoms with Crippen molar-refractivity contribution in [2.75, 3.05) is 13.6 Å². The number of alkyl halides is 3. The number of nitrogens with one attached hydrogen (secondary N) is 2. The van der Waals surface area contributed by atoms with Crippen LogP contribution in [0.4, 0.5) is 13.2 Å². The third-order valence-electron chi connectivity index (χ3n) is 3.76. The summed E-state index contributed by atoms with van der Waals surface area (Å²) in [4.78, 5) is 7.71. The van der Waals surface area contributed by atoms with E-state index in [1.54, 1.807) is 13.4 Å². The first-order valence-electron chi connectivity index (χ1n) is 8.38. The van der Waals surface area contributed by atoms with Gasteiger partial charge in [-0.05, 0) is 12.1 Å². The van der Waals surface area contributed by atoms with Crippen LogP contribution < -0.4 is 10.6 Å². The van der Waals surface area contributed by atoms with Gasteiger partial charge in [0.25, 0.3) is 0 Å². The van der Waals surface area contributed by atoms with Crippen LogP contribution in [0.5, 0.6) is 0 Å². The normalized spacial score (nSPS) is 11.8. The van der Waals surface area contributed by atoms with E-state index < -0.39 is 11.9 Å². The lowest BCUT2D eigenvalue weighted by Gasteiger charge is -2.12. The van der Waals surface area contributed by atoms with Crippen molar-refractivity contribution in [3.05, 3.63) is 58.6 Å². The number of aromatic nitrogens is 4. The minimum atomic E-state index is -4.41. The Bertz CT molecular complexity index is 925. The number of halogens is 4. The summed E-state index contributed by atoms with van der Waals surface area (Å²) in [5.41, 5.74) is 0.0896. The fraction of sp³-hybridized carbons (Fsp3) is 0.294. The predicted molar refractivity (Wildman–Crippen MR) is 116 cm³/mol. The zero-order valence-corrected chi connectivity index (χ0v) is 18.5. The molecule has 0 aliphatic rings. The summed E-state index contributed by atoms with van der Waals surface area (Å²) >= 11 is 0.994. The van der Waals surface area contributed by atoms with E-state index in [4.69, 9.17) is 0 Å². The summed E-state index contributed by atoms with van der Waals surface area (Å²) in [7, 11) is 1.61. The van der Waals surface area contributed by atoms with Gasteiger partial charge in [-0.2, -0.15) is 13.2 Å². The molecular weight excluding hydrogens is 518 g/mol. The van der Waals surface area contributed by atoms with E-state index in [-0.39, 0.29) is 24.0 Å². The Morgan fingerprint density at radius 2 is 1.97 bits per heavy atom. The van der Waals surface area contributed by atoms with Crippen LogP contribution in [0.3, 0.4) is 0 Å². The second-order valence-electron chi connectivity index (χ2n) is 5.68. The molecule has 0 fully saturated rings. The quantitative estimate of drug-likeness (QED) is 0.287. The van der Waals surface area contributed by atoms with Crippen LogP contribution in [-0.4, -0.2) is 39.3 Å². The van der Waals surface area contributed by atoms with Crippen molar-refractivity contribution in [2.45, 2.75) is 19.1 Å². The van der Waals surface area contributed by atoms with Crippen molar-refractivity contribution in [3.63, 3.8) is 0 Å². The smallest absolute Gasteiger partial charge is 0.356 e. The van der Waals surface area contributed by atoms with Gasteiger partial charge in [0.2, 0.25) is 0 Å². The number of nitrogens with zero attached hydrogens (tertiary/aromatic N) is 5. The number of thiazole rings is 1. The summed E-state index contributed by atoms with van der Waals surface area (Å²) < 4.78 is 39.6. The molecule has 1 aromatic carbocycles. The van der Waals surface area contributed by atoms with Crippen LogP contribution in [0.2, 0.25) is 0 Å². The number of hydrogen-bond donors (Lipinski definition) is 2. The first-order chi connectivity index (χ1) is 13.5. The molecule has 0 radical (unpaired) electrons. The lowest BCUT2D eigenvalue weighted by molar-refractivity contribution is -0.140. The number of hydrogen-bond acceptors (Lipinski definition) is 5. The summed E-state index contributed by atoms with van der Waals surface area (Å²) in [6.45, 7) is 0.778. The van der Waals surface area contributed by atoms with Crippen molar-refractivity contribution >= 4 is 41.3 Å². The minimum absolute atomic E-state index is 0. The number of para-hydroxylation sites is 1. The maximum atomic E-state index is 12.6. The highest BCUT2D eigenvalue weighted by Gasteiger charge is 2.33. The maximum Gasteiger partial charge on any atom is 0.434 e. The molecule has 2 aromatic heterocycles. The molecule has 3 aromatic rings. The molecule has 0 saturated carbocycles. The summed E-state index contributed by atoms with van der Waals surface area (Å²) in [5, 5.41) is 15.7. The number of guanidine groups is 1. The molecular formula is C17H19F3IN7S. The van der Waals surface area contributed by atoms with E-state index in [0.717, 1.165) is 22.4 Å². The highest BCUT2D eigenvalue weighted by molar-refractivity contribution is 14.0. The predicted octanol–water partition coefficient (Wildman–Crippen LogP) is 3.27. The monoisotopic (exact) mass is 537 g/mol. The van der Waals surface area contributed by atoms with Gasteiger partial charge in [0.15, 0.2) is 17.5 Å². The van der Waals surface area contributed by atoms with Gasteiger partial charge >= 0.3 is 6.18 Å². The Hall–Kier alpha value is -2.22. The average Bonchev–Trinajstić information content (AvgIpc) is 3.34. The maximum absolute atomic E-state index is 12.6. The third-order valence-corrected chi connectivity index (χ3v) is 4.67. The highest BCUT2D eigenvalue weighted by atomic mass is 127. The van der Waals surface area contributed by atoms with Gasteiger partial charge in [-0.3, -0.25) is 9.56 Å². The van der Waals surface area contributed by atoms with Crippen LogP contribution in [0.1, 0.15) is 16.5 Å². The Labute approximate surface area is 186 Å². The van der Waals surface area contributed by atoms with Crippen molar-refractivity contribution in [2.24, 2.45) is 4.99 Å². The minimum Gasteiger partial charge on any atom is -0.356 e. The lowest BCUT2D eigenvalue weighted by Crippen LogP contribution is -2.38. The van der Waals surface area contributed by atoms with Gasteiger partial charge in [-0.15, -0.1) is 45.5 Å². The Balaban J connectivity index is 0.00000300. The summed E-state index contributed by atoms with van der Waals surface area (Å²) in [5.74, 6) is 1.21. The number of aliphatic imine (C=N–C) groups is 1. The molecule has 3 rings (SSSR count). The first kappa shape index (κ1) is 23.1. The third kappa shape index (κ3) is 6.39. The Kier molecular flexibility index (Phi) is 8.37. The average molecular weight is 537 g/mol. The van der Waals surface area contributed by atoms with Crippen LogP contribution in [0, 0.1) is 0 Å². The molecule has 0 aliphatic carbocycles. The fourth-order valence-corrected chi connectivity index (χ4v) is 3.22. The standard InChI is InChI=1S/C17H18F3N7S.HI/c1-21-16(22-8-7-15-25-13(10-28-15)17(18,19)20)23-9-14-26-24-11-27(14)12-5-3-2-4-6-12;/h2-6,10-11H,7-9H2,1H3,(H2,21,22,23);1H. The van der Waals surface area contributed by atoms with Gasteiger partial charge in [0, 0.05) is 31.1 Å². The van der Waals surface area contributed by atoms with Gasteiger partial charge in [0.05, 0.1) is 11.6 Å². The number of rotatable bonds is 6. The van der Waals surface area contributed by atoms with E-state index in [2.05, 4.69) is 30.8 Å². The molecule has 7 nitrogen and oxygen atoms in total. The molecule has 0 unspecified atom stereocenters. The zero-order valence-electron chi connectivity index (χ0n) is 15.3. The molecule has 156 valence electrons. The molecule has 0 atom stereocenters. The fourth-order valence-electron chi connectivity index (χ4n) is 2.41. The van der Waals surface area contributed by atoms with Crippen LogP contribution in [-0.2, 0) is 19.1 Å². The Morgan fingerprint density at radius 1 is 1.21 bits per heavy atom. The van der Waals surface area contributed by atoms with E-state index in [1.165, 1.54) is 0 Å². The second-order valence-corrected chi connectivity index (χ2v) is 6.62. The molecule has 0 amide bonds. The van der Waals surface area contributed by atoms with Gasteiger partial charge in [-0.25, -0.2) is 4.98 Å². The van der Waals surface area contributed by atoms with Gasteiger partial charge in [0.1, 0.15) is 6.33 Å². The molecule has 0 bridgehead atoms. The largest absolute Gasteiger partial charge is 0.434 e. The zero-order chi connectivity index (χ0) is 20.0. The van der Waals surface area contributed by atoms with Crippen molar-refractivity contribution in [1.82, 2.24) is 30.4 Å². The lowest BCUT2D eigenvalue weighted by atomic mass is 10.3. The summed E-state index contributed by atoms with van der Waals surface area (Å²) in [6.07, 6.45) is -2.42. The SMILES string of the molecule is CN=C(NCCc1nc(C(F)(F)F)cs1)NCc1nncn1-c1ccccc1.I. The van der Waals surface area contributed by atoms with Crippen molar-refractivity contribution < 1.29 is 13.2 Å². The van der Waals surface area contributed by atoms with Gasteiger partial charge in [-0.1, -0.05) is 18.2 Å². The van der Waals surface area contributed by atoms with E-state index in [9.17, 15) is 13.2 Å². The first-order valence-corrected chi connectivity index (χ1v) is 9.26. The molecule has 0 spiro atoms. The molecule has 29 heavy (non-hydrogen) atoms. The van der Waals surface area contributed by atoms with E-state index >= 15 is 0 Å². The topological polar surface area (TPSA) is 80.0 Å². The number of benzene rings is 1. The molecule has 0 saturated heterocycles. The van der Waals surface area contributed by atoms with E-state index in [1.807, 2.05) is 34.9 Å². The van der Waals surface area contributed by atoms with Crippen LogP contribution in [0.15, 0.2) is 47.0 Å².